The van der Waals surface area contributed by atoms with Crippen molar-refractivity contribution >= 4 is 34.4 Å². The van der Waals surface area contributed by atoms with Crippen LogP contribution in [0.25, 0.3) is 0 Å². The lowest BCUT2D eigenvalue weighted by atomic mass is 10.2. The molecule has 0 N–H and O–H groups in total. The van der Waals surface area contributed by atoms with Gasteiger partial charge in [0.25, 0.3) is 0 Å². The van der Waals surface area contributed by atoms with Gasteiger partial charge in [0.05, 0.1) is 0 Å². The average Bonchev–Trinajstić information content (AvgIpc) is 2.90. The SMILES string of the molecule is O=Cc1sc(N2CCCN3CCCC3C2)nc1Cl. The van der Waals surface area contributed by atoms with Crippen molar-refractivity contribution in [1.29, 1.82) is 0 Å². The zero-order chi connectivity index (χ0) is 12.5. The van der Waals surface area contributed by atoms with E-state index in [1.54, 1.807) is 0 Å². The Hall–Kier alpha value is -0.650. The van der Waals surface area contributed by atoms with Crippen LogP contribution in [-0.2, 0) is 0 Å². The second kappa shape index (κ2) is 5.15. The molecular weight excluding hydrogens is 270 g/mol. The summed E-state index contributed by atoms with van der Waals surface area (Å²) in [5, 5.41) is 1.24. The van der Waals surface area contributed by atoms with Crippen LogP contribution in [0.3, 0.4) is 0 Å². The van der Waals surface area contributed by atoms with Crippen LogP contribution in [-0.4, -0.2) is 48.4 Å². The highest BCUT2D eigenvalue weighted by molar-refractivity contribution is 7.17. The molecule has 2 aliphatic rings. The van der Waals surface area contributed by atoms with Crippen molar-refractivity contribution in [3.63, 3.8) is 0 Å². The highest BCUT2D eigenvalue weighted by Gasteiger charge is 2.29. The highest BCUT2D eigenvalue weighted by atomic mass is 35.5. The molecule has 0 aromatic carbocycles. The van der Waals surface area contributed by atoms with E-state index in [-0.39, 0.29) is 0 Å². The number of thiazole rings is 1. The third-order valence-electron chi connectivity index (χ3n) is 3.78. The summed E-state index contributed by atoms with van der Waals surface area (Å²) in [5.41, 5.74) is 0. The van der Waals surface area contributed by atoms with Gasteiger partial charge in [-0.15, -0.1) is 0 Å². The monoisotopic (exact) mass is 285 g/mol. The minimum atomic E-state index is 0.345. The standard InChI is InChI=1S/C12H16ClN3OS/c13-11-10(8-17)18-12(14-11)16-6-2-5-15-4-1-3-9(15)7-16/h8-9H,1-7H2. The van der Waals surface area contributed by atoms with E-state index in [1.165, 1.54) is 37.3 Å². The molecule has 1 atom stereocenters. The second-order valence-corrected chi connectivity index (χ2v) is 6.27. The third kappa shape index (κ3) is 2.27. The number of carbonyl (C=O) groups is 1. The Morgan fingerprint density at radius 1 is 1.33 bits per heavy atom. The van der Waals surface area contributed by atoms with Gasteiger partial charge in [-0.1, -0.05) is 22.9 Å². The molecule has 0 bridgehead atoms. The molecule has 2 aliphatic heterocycles. The molecule has 1 aromatic heterocycles. The fourth-order valence-corrected chi connectivity index (χ4v) is 3.99. The van der Waals surface area contributed by atoms with Crippen LogP contribution in [0.1, 0.15) is 28.9 Å². The van der Waals surface area contributed by atoms with E-state index in [4.69, 9.17) is 11.6 Å². The molecule has 4 nitrogen and oxygen atoms in total. The molecule has 18 heavy (non-hydrogen) atoms. The Morgan fingerprint density at radius 2 is 2.17 bits per heavy atom. The summed E-state index contributed by atoms with van der Waals surface area (Å²) in [6.45, 7) is 4.44. The molecule has 6 heteroatoms. The minimum absolute atomic E-state index is 0.345. The first kappa shape index (κ1) is 12.4. The first-order valence-electron chi connectivity index (χ1n) is 6.38. The molecule has 98 valence electrons. The maximum absolute atomic E-state index is 10.8. The Labute approximate surface area is 116 Å². The number of carbonyl (C=O) groups excluding carboxylic acids is 1. The average molecular weight is 286 g/mol. The summed E-state index contributed by atoms with van der Waals surface area (Å²) < 4.78 is 0. The van der Waals surface area contributed by atoms with Crippen LogP contribution in [0, 0.1) is 0 Å². The van der Waals surface area contributed by atoms with E-state index >= 15 is 0 Å². The number of aldehydes is 1. The van der Waals surface area contributed by atoms with Gasteiger partial charge in [-0.2, -0.15) is 0 Å². The number of aromatic nitrogens is 1. The molecule has 0 radical (unpaired) electrons. The summed E-state index contributed by atoms with van der Waals surface area (Å²) in [7, 11) is 0. The molecule has 2 saturated heterocycles. The lowest BCUT2D eigenvalue weighted by Crippen LogP contribution is -2.36. The Kier molecular flexibility index (Phi) is 3.54. The second-order valence-electron chi connectivity index (χ2n) is 4.90. The van der Waals surface area contributed by atoms with E-state index in [9.17, 15) is 4.79 Å². The van der Waals surface area contributed by atoms with Gasteiger partial charge < -0.3 is 4.90 Å². The number of rotatable bonds is 2. The predicted molar refractivity (Wildman–Crippen MR) is 73.9 cm³/mol. The van der Waals surface area contributed by atoms with Crippen LogP contribution in [0.5, 0.6) is 0 Å². The summed E-state index contributed by atoms with van der Waals surface area (Å²) in [6.07, 6.45) is 4.53. The Bertz CT molecular complexity index is 451. The van der Waals surface area contributed by atoms with Gasteiger partial charge in [0.2, 0.25) is 0 Å². The van der Waals surface area contributed by atoms with Crippen LogP contribution < -0.4 is 4.90 Å². The normalized spacial score (nSPS) is 24.9. The van der Waals surface area contributed by atoms with Crippen molar-refractivity contribution < 1.29 is 4.79 Å². The maximum atomic E-state index is 10.8. The summed E-state index contributed by atoms with van der Waals surface area (Å²) >= 11 is 7.35. The van der Waals surface area contributed by atoms with Gasteiger partial charge >= 0.3 is 0 Å². The number of halogens is 1. The number of hydrogen-bond acceptors (Lipinski definition) is 5. The first-order chi connectivity index (χ1) is 8.78. The van der Waals surface area contributed by atoms with Crippen LogP contribution in [0.4, 0.5) is 5.13 Å². The number of anilines is 1. The van der Waals surface area contributed by atoms with Crippen LogP contribution in [0.2, 0.25) is 5.15 Å². The zero-order valence-electron chi connectivity index (χ0n) is 10.1. The van der Waals surface area contributed by atoms with E-state index in [0.29, 0.717) is 16.1 Å². The Morgan fingerprint density at radius 3 is 2.94 bits per heavy atom. The zero-order valence-corrected chi connectivity index (χ0v) is 11.7. The fraction of sp³-hybridized carbons (Fsp3) is 0.667. The van der Waals surface area contributed by atoms with Gasteiger partial charge in [-0.3, -0.25) is 9.69 Å². The smallest absolute Gasteiger partial charge is 0.187 e. The lowest BCUT2D eigenvalue weighted by Gasteiger charge is -2.25. The van der Waals surface area contributed by atoms with E-state index in [2.05, 4.69) is 14.8 Å². The molecule has 0 saturated carbocycles. The maximum Gasteiger partial charge on any atom is 0.187 e. The quantitative estimate of drug-likeness (QED) is 0.781. The lowest BCUT2D eigenvalue weighted by molar-refractivity contribution is 0.112. The van der Waals surface area contributed by atoms with Crippen LogP contribution in [0.15, 0.2) is 0 Å². The van der Waals surface area contributed by atoms with Crippen molar-refractivity contribution in [3.05, 3.63) is 10.0 Å². The first-order valence-corrected chi connectivity index (χ1v) is 7.58. The van der Waals surface area contributed by atoms with E-state index < -0.39 is 0 Å². The molecule has 3 rings (SSSR count). The topological polar surface area (TPSA) is 36.4 Å². The molecular formula is C12H16ClN3OS. The van der Waals surface area contributed by atoms with Crippen molar-refractivity contribution in [2.45, 2.75) is 25.3 Å². The molecule has 0 spiro atoms. The Balaban J connectivity index is 1.80. The molecule has 1 unspecified atom stereocenters. The molecule has 3 heterocycles. The van der Waals surface area contributed by atoms with Crippen molar-refractivity contribution in [2.24, 2.45) is 0 Å². The minimum Gasteiger partial charge on any atom is -0.346 e. The molecule has 2 fully saturated rings. The van der Waals surface area contributed by atoms with Crippen molar-refractivity contribution in [2.75, 3.05) is 31.1 Å². The summed E-state index contributed by atoms with van der Waals surface area (Å²) in [5.74, 6) is 0. The molecule has 0 amide bonds. The number of nitrogens with zero attached hydrogens (tertiary/aromatic N) is 3. The highest BCUT2D eigenvalue weighted by Crippen LogP contribution is 2.31. The fourth-order valence-electron chi connectivity index (χ4n) is 2.89. The summed E-state index contributed by atoms with van der Waals surface area (Å²) in [6, 6.07) is 0.648. The van der Waals surface area contributed by atoms with Crippen molar-refractivity contribution in [3.8, 4) is 0 Å². The van der Waals surface area contributed by atoms with Crippen LogP contribution >= 0.6 is 22.9 Å². The van der Waals surface area contributed by atoms with Gasteiger partial charge in [-0.05, 0) is 25.8 Å². The van der Waals surface area contributed by atoms with Crippen molar-refractivity contribution in [1.82, 2.24) is 9.88 Å². The molecule has 1 aromatic rings. The van der Waals surface area contributed by atoms with E-state index in [1.807, 2.05) is 0 Å². The van der Waals surface area contributed by atoms with Gasteiger partial charge in [0, 0.05) is 25.7 Å². The molecule has 0 aliphatic carbocycles. The van der Waals surface area contributed by atoms with Gasteiger partial charge in [0.1, 0.15) is 4.88 Å². The predicted octanol–water partition coefficient (Wildman–Crippen LogP) is 2.28. The largest absolute Gasteiger partial charge is 0.346 e. The number of hydrogen-bond donors (Lipinski definition) is 0. The third-order valence-corrected chi connectivity index (χ3v) is 5.22. The van der Waals surface area contributed by atoms with Gasteiger partial charge in [-0.25, -0.2) is 4.98 Å². The summed E-state index contributed by atoms with van der Waals surface area (Å²) in [4.78, 5) is 20.6. The number of fused-ring (bicyclic) bond motifs is 1. The van der Waals surface area contributed by atoms with Gasteiger partial charge in [0.15, 0.2) is 16.6 Å². The van der Waals surface area contributed by atoms with E-state index in [0.717, 1.165) is 30.9 Å².